The first-order valence-corrected chi connectivity index (χ1v) is 7.62. The Balaban J connectivity index is 1.71. The van der Waals surface area contributed by atoms with Crippen molar-refractivity contribution >= 4 is 5.97 Å². The largest absolute Gasteiger partial charge is 0.478 e. The van der Waals surface area contributed by atoms with E-state index in [1.165, 1.54) is 11.1 Å². The Labute approximate surface area is 131 Å². The third-order valence-electron chi connectivity index (χ3n) is 4.53. The van der Waals surface area contributed by atoms with Gasteiger partial charge in [-0.1, -0.05) is 50.2 Å². The fourth-order valence-electron chi connectivity index (χ4n) is 3.34. The summed E-state index contributed by atoms with van der Waals surface area (Å²) in [5, 5.41) is 12.5. The summed E-state index contributed by atoms with van der Waals surface area (Å²) < 4.78 is 0. The van der Waals surface area contributed by atoms with Crippen LogP contribution in [0.25, 0.3) is 0 Å². The maximum Gasteiger partial charge on any atom is 0.335 e. The van der Waals surface area contributed by atoms with E-state index in [1.807, 2.05) is 12.1 Å². The monoisotopic (exact) mass is 295 g/mol. The van der Waals surface area contributed by atoms with E-state index in [9.17, 15) is 4.79 Å². The van der Waals surface area contributed by atoms with Gasteiger partial charge in [0.2, 0.25) is 0 Å². The van der Waals surface area contributed by atoms with Crippen LogP contribution in [0.4, 0.5) is 0 Å². The normalized spacial score (nSPS) is 18.9. The standard InChI is InChI=1S/C19H21NO2/c1-19(2)11-17(15-5-3-4-6-16(15)19)20-12-13-7-9-14(10-8-13)18(21)22/h3-10,17,20H,11-12H2,1-2H3,(H,21,22). The van der Waals surface area contributed by atoms with E-state index in [4.69, 9.17) is 5.11 Å². The van der Waals surface area contributed by atoms with Crippen molar-refractivity contribution < 1.29 is 9.90 Å². The van der Waals surface area contributed by atoms with Gasteiger partial charge in [-0.2, -0.15) is 0 Å². The summed E-state index contributed by atoms with van der Waals surface area (Å²) in [5.41, 5.74) is 4.44. The van der Waals surface area contributed by atoms with Crippen molar-refractivity contribution in [2.75, 3.05) is 0 Å². The molecule has 0 aliphatic heterocycles. The van der Waals surface area contributed by atoms with Crippen LogP contribution < -0.4 is 5.32 Å². The second kappa shape index (κ2) is 5.58. The molecule has 1 unspecified atom stereocenters. The lowest BCUT2D eigenvalue weighted by Gasteiger charge is -2.19. The van der Waals surface area contributed by atoms with E-state index in [0.29, 0.717) is 11.6 Å². The smallest absolute Gasteiger partial charge is 0.335 e. The fourth-order valence-corrected chi connectivity index (χ4v) is 3.34. The molecule has 0 spiro atoms. The van der Waals surface area contributed by atoms with Crippen LogP contribution in [-0.2, 0) is 12.0 Å². The number of carboxylic acid groups (broad SMARTS) is 1. The van der Waals surface area contributed by atoms with Gasteiger partial charge in [0.15, 0.2) is 0 Å². The van der Waals surface area contributed by atoms with Gasteiger partial charge in [0.1, 0.15) is 0 Å². The highest BCUT2D eigenvalue weighted by Crippen LogP contribution is 2.44. The van der Waals surface area contributed by atoms with Crippen LogP contribution in [0.15, 0.2) is 48.5 Å². The SMILES string of the molecule is CC1(C)CC(NCc2ccc(C(=O)O)cc2)c2ccccc21. The summed E-state index contributed by atoms with van der Waals surface area (Å²) in [6, 6.07) is 16.0. The molecule has 114 valence electrons. The van der Waals surface area contributed by atoms with Crippen LogP contribution in [0.1, 0.15) is 53.4 Å². The number of hydrogen-bond acceptors (Lipinski definition) is 2. The van der Waals surface area contributed by atoms with E-state index in [0.717, 1.165) is 18.5 Å². The van der Waals surface area contributed by atoms with Crippen molar-refractivity contribution in [2.45, 2.75) is 38.3 Å². The maximum atomic E-state index is 10.9. The molecule has 1 atom stereocenters. The number of nitrogens with one attached hydrogen (secondary N) is 1. The van der Waals surface area contributed by atoms with E-state index in [1.54, 1.807) is 12.1 Å². The van der Waals surface area contributed by atoms with Gasteiger partial charge < -0.3 is 10.4 Å². The van der Waals surface area contributed by atoms with Crippen LogP contribution in [0.3, 0.4) is 0 Å². The van der Waals surface area contributed by atoms with Crippen molar-refractivity contribution in [1.29, 1.82) is 0 Å². The maximum absolute atomic E-state index is 10.9. The van der Waals surface area contributed by atoms with E-state index in [2.05, 4.69) is 43.4 Å². The molecule has 2 N–H and O–H groups in total. The fraction of sp³-hybridized carbons (Fsp3) is 0.316. The van der Waals surface area contributed by atoms with Gasteiger partial charge in [-0.3, -0.25) is 0 Å². The van der Waals surface area contributed by atoms with Crippen molar-refractivity contribution in [1.82, 2.24) is 5.32 Å². The highest BCUT2D eigenvalue weighted by molar-refractivity contribution is 5.87. The van der Waals surface area contributed by atoms with Crippen LogP contribution in [-0.4, -0.2) is 11.1 Å². The topological polar surface area (TPSA) is 49.3 Å². The molecule has 0 heterocycles. The van der Waals surface area contributed by atoms with Gasteiger partial charge in [-0.15, -0.1) is 0 Å². The molecule has 3 nitrogen and oxygen atoms in total. The molecule has 3 heteroatoms. The molecule has 22 heavy (non-hydrogen) atoms. The van der Waals surface area contributed by atoms with Gasteiger partial charge in [-0.25, -0.2) is 4.79 Å². The second-order valence-electron chi connectivity index (χ2n) is 6.61. The molecule has 0 aromatic heterocycles. The molecule has 2 aromatic rings. The van der Waals surface area contributed by atoms with Gasteiger partial charge in [0.05, 0.1) is 5.56 Å². The van der Waals surface area contributed by atoms with Crippen LogP contribution in [0.5, 0.6) is 0 Å². The summed E-state index contributed by atoms with van der Waals surface area (Å²) in [5.74, 6) is -0.883. The molecular formula is C19H21NO2. The Morgan fingerprint density at radius 2 is 1.86 bits per heavy atom. The molecule has 0 saturated heterocycles. The Hall–Kier alpha value is -2.13. The lowest BCUT2D eigenvalue weighted by atomic mass is 9.86. The van der Waals surface area contributed by atoms with Crippen LogP contribution in [0.2, 0.25) is 0 Å². The zero-order chi connectivity index (χ0) is 15.7. The summed E-state index contributed by atoms with van der Waals surface area (Å²) in [6.45, 7) is 5.32. The predicted molar refractivity (Wildman–Crippen MR) is 87.1 cm³/mol. The summed E-state index contributed by atoms with van der Waals surface area (Å²) >= 11 is 0. The van der Waals surface area contributed by atoms with Gasteiger partial charge in [0.25, 0.3) is 0 Å². The molecule has 0 bridgehead atoms. The second-order valence-corrected chi connectivity index (χ2v) is 6.61. The van der Waals surface area contributed by atoms with E-state index < -0.39 is 5.97 Å². The van der Waals surface area contributed by atoms with Crippen molar-refractivity contribution in [3.63, 3.8) is 0 Å². The van der Waals surface area contributed by atoms with Gasteiger partial charge >= 0.3 is 5.97 Å². The highest BCUT2D eigenvalue weighted by Gasteiger charge is 2.35. The van der Waals surface area contributed by atoms with Crippen molar-refractivity contribution in [2.24, 2.45) is 0 Å². The number of rotatable bonds is 4. The first kappa shape index (κ1) is 14.8. The zero-order valence-corrected chi connectivity index (χ0v) is 13.0. The third-order valence-corrected chi connectivity index (χ3v) is 4.53. The summed E-state index contributed by atoms with van der Waals surface area (Å²) in [4.78, 5) is 10.9. The average Bonchev–Trinajstić information content (AvgIpc) is 2.77. The van der Waals surface area contributed by atoms with Crippen LogP contribution in [0, 0.1) is 0 Å². The first-order chi connectivity index (χ1) is 10.5. The Morgan fingerprint density at radius 3 is 2.55 bits per heavy atom. The predicted octanol–water partition coefficient (Wildman–Crippen LogP) is 3.90. The minimum absolute atomic E-state index is 0.196. The molecule has 0 fully saturated rings. The first-order valence-electron chi connectivity index (χ1n) is 7.62. The van der Waals surface area contributed by atoms with Crippen LogP contribution >= 0.6 is 0 Å². The minimum Gasteiger partial charge on any atom is -0.478 e. The Morgan fingerprint density at radius 1 is 1.18 bits per heavy atom. The molecule has 2 aromatic carbocycles. The third kappa shape index (κ3) is 2.77. The molecule has 1 aliphatic rings. The quantitative estimate of drug-likeness (QED) is 0.899. The number of benzene rings is 2. The Kier molecular flexibility index (Phi) is 3.75. The van der Waals surface area contributed by atoms with Gasteiger partial charge in [-0.05, 0) is 40.7 Å². The van der Waals surface area contributed by atoms with Gasteiger partial charge in [0, 0.05) is 12.6 Å². The summed E-state index contributed by atoms with van der Waals surface area (Å²) in [6.07, 6.45) is 1.08. The number of carbonyl (C=O) groups is 1. The molecule has 3 rings (SSSR count). The Bertz CT molecular complexity index is 689. The van der Waals surface area contributed by atoms with E-state index in [-0.39, 0.29) is 5.41 Å². The molecule has 0 amide bonds. The van der Waals surface area contributed by atoms with Crippen molar-refractivity contribution in [3.8, 4) is 0 Å². The molecule has 0 radical (unpaired) electrons. The lowest BCUT2D eigenvalue weighted by molar-refractivity contribution is 0.0697. The zero-order valence-electron chi connectivity index (χ0n) is 13.0. The molecular weight excluding hydrogens is 274 g/mol. The number of fused-ring (bicyclic) bond motifs is 1. The number of aromatic carboxylic acids is 1. The van der Waals surface area contributed by atoms with Crippen molar-refractivity contribution in [3.05, 3.63) is 70.8 Å². The lowest BCUT2D eigenvalue weighted by Crippen LogP contribution is -2.21. The van der Waals surface area contributed by atoms with E-state index >= 15 is 0 Å². The molecule has 1 aliphatic carbocycles. The molecule has 0 saturated carbocycles. The summed E-state index contributed by atoms with van der Waals surface area (Å²) in [7, 11) is 0. The minimum atomic E-state index is -0.883. The average molecular weight is 295 g/mol. The highest BCUT2D eigenvalue weighted by atomic mass is 16.4. The number of hydrogen-bond donors (Lipinski definition) is 2. The number of carboxylic acids is 1.